The lowest BCUT2D eigenvalue weighted by Crippen LogP contribution is -2.27. The molecule has 0 heterocycles. The number of fused-ring (bicyclic) bond motifs is 5. The van der Waals surface area contributed by atoms with Crippen LogP contribution in [0.5, 0.6) is 5.75 Å². The third-order valence-electron chi connectivity index (χ3n) is 8.79. The summed E-state index contributed by atoms with van der Waals surface area (Å²) in [6.07, 6.45) is 7.03. The number of phenols is 1. The fourth-order valence-electron chi connectivity index (χ4n) is 7.09. The zero-order valence-electron chi connectivity index (χ0n) is 23.2. The van der Waals surface area contributed by atoms with Crippen molar-refractivity contribution in [3.8, 4) is 28.0 Å². The van der Waals surface area contributed by atoms with Crippen LogP contribution in [0.3, 0.4) is 0 Å². The molecule has 0 spiro atoms. The molecule has 2 aliphatic carbocycles. The molecule has 192 valence electrons. The Kier molecular flexibility index (Phi) is 5.19. The van der Waals surface area contributed by atoms with Crippen LogP contribution in [0.4, 0.5) is 0 Å². The van der Waals surface area contributed by atoms with Crippen molar-refractivity contribution in [2.24, 2.45) is 5.41 Å². The van der Waals surface area contributed by atoms with Crippen molar-refractivity contribution >= 4 is 27.1 Å². The largest absolute Gasteiger partial charge is 0.508 e. The second-order valence-electron chi connectivity index (χ2n) is 12.8. The summed E-state index contributed by atoms with van der Waals surface area (Å²) in [5, 5.41) is 15.0. The fraction of sp³-hybridized carbons (Fsp3) is 0.211. The van der Waals surface area contributed by atoms with Crippen molar-refractivity contribution in [3.05, 3.63) is 120 Å². The predicted molar refractivity (Wildman–Crippen MR) is 166 cm³/mol. The maximum Gasteiger partial charge on any atom is 0.115 e. The summed E-state index contributed by atoms with van der Waals surface area (Å²) in [6.45, 7) is 9.52. The normalized spacial score (nSPS) is 17.3. The van der Waals surface area contributed by atoms with E-state index in [1.54, 1.807) is 17.7 Å². The van der Waals surface area contributed by atoms with Crippen molar-refractivity contribution in [2.75, 3.05) is 0 Å². The molecule has 5 aromatic rings. The molecule has 1 heteroatoms. The maximum absolute atomic E-state index is 9.95. The lowest BCUT2D eigenvalue weighted by Gasteiger charge is -2.40. The van der Waals surface area contributed by atoms with E-state index in [9.17, 15) is 5.11 Å². The smallest absolute Gasteiger partial charge is 0.115 e. The molecule has 0 aliphatic heterocycles. The molecule has 0 radical (unpaired) electrons. The molecule has 0 atom stereocenters. The van der Waals surface area contributed by atoms with E-state index < -0.39 is 0 Å². The van der Waals surface area contributed by atoms with Gasteiger partial charge in [0.25, 0.3) is 0 Å². The molecular formula is C38H34O. The third-order valence-corrected chi connectivity index (χ3v) is 8.79. The van der Waals surface area contributed by atoms with Crippen LogP contribution in [-0.2, 0) is 5.41 Å². The number of benzene rings is 5. The Labute approximate surface area is 231 Å². The highest BCUT2D eigenvalue weighted by Gasteiger charge is 2.36. The van der Waals surface area contributed by atoms with Crippen LogP contribution >= 0.6 is 0 Å². The summed E-state index contributed by atoms with van der Waals surface area (Å²) in [6, 6.07) is 32.3. The molecule has 7 rings (SSSR count). The summed E-state index contributed by atoms with van der Waals surface area (Å²) in [5.74, 6) is 0.285. The van der Waals surface area contributed by atoms with E-state index >= 15 is 0 Å². The van der Waals surface area contributed by atoms with E-state index in [2.05, 4.69) is 107 Å². The standard InChI is InChI=1S/C38H34O/c1-37(2)20-19-30-28(22-37)23-38(3,4)36-33-17-12-26(21-27(33)13-18-34(30)36)32-16-11-24-7-5-6-8-31(24)35(32)25-9-14-29(39)15-10-25/h5-21,39H,22-23H2,1-4H3. The second-order valence-corrected chi connectivity index (χ2v) is 12.8. The van der Waals surface area contributed by atoms with Crippen molar-refractivity contribution in [2.45, 2.75) is 46.0 Å². The Morgan fingerprint density at radius 3 is 2.18 bits per heavy atom. The van der Waals surface area contributed by atoms with E-state index in [1.165, 1.54) is 54.9 Å². The highest BCUT2D eigenvalue weighted by atomic mass is 16.3. The van der Waals surface area contributed by atoms with Gasteiger partial charge in [0.15, 0.2) is 0 Å². The number of aromatic hydroxyl groups is 1. The quantitative estimate of drug-likeness (QED) is 0.252. The SMILES string of the molecule is CC1(C)C=CC2=C(C1)CC(C)(C)c1c2ccc2cc(-c3ccc4ccccc4c3-c3ccc(O)cc3)ccc12. The van der Waals surface area contributed by atoms with Gasteiger partial charge in [-0.15, -0.1) is 0 Å². The molecule has 0 unspecified atom stereocenters. The van der Waals surface area contributed by atoms with E-state index in [-0.39, 0.29) is 16.6 Å². The third kappa shape index (κ3) is 3.91. The average Bonchev–Trinajstić information content (AvgIpc) is 2.91. The topological polar surface area (TPSA) is 20.2 Å². The van der Waals surface area contributed by atoms with Crippen molar-refractivity contribution in [3.63, 3.8) is 0 Å². The van der Waals surface area contributed by atoms with E-state index in [1.807, 2.05) is 12.1 Å². The molecule has 5 aromatic carbocycles. The molecule has 0 saturated carbocycles. The first-order valence-corrected chi connectivity index (χ1v) is 14.0. The minimum absolute atomic E-state index is 0.0800. The van der Waals surface area contributed by atoms with E-state index in [0.717, 1.165) is 18.4 Å². The van der Waals surface area contributed by atoms with Gasteiger partial charge < -0.3 is 5.11 Å². The Morgan fingerprint density at radius 2 is 1.36 bits per heavy atom. The van der Waals surface area contributed by atoms with E-state index in [0.29, 0.717) is 0 Å². The predicted octanol–water partition coefficient (Wildman–Crippen LogP) is 10.5. The van der Waals surface area contributed by atoms with Gasteiger partial charge in [-0.1, -0.05) is 118 Å². The molecular weight excluding hydrogens is 472 g/mol. The Bertz CT molecular complexity index is 1840. The zero-order chi connectivity index (χ0) is 26.9. The van der Waals surface area contributed by atoms with Gasteiger partial charge in [-0.2, -0.15) is 0 Å². The average molecular weight is 507 g/mol. The monoisotopic (exact) mass is 506 g/mol. The lowest BCUT2D eigenvalue weighted by atomic mass is 9.64. The number of hydrogen-bond acceptors (Lipinski definition) is 1. The Hall–Kier alpha value is -4.10. The second kappa shape index (κ2) is 8.45. The molecule has 1 N–H and O–H groups in total. The summed E-state index contributed by atoms with van der Waals surface area (Å²) in [5.41, 5.74) is 11.0. The minimum atomic E-state index is 0.0800. The lowest BCUT2D eigenvalue weighted by molar-refractivity contribution is 0.429. The van der Waals surface area contributed by atoms with Crippen molar-refractivity contribution in [1.29, 1.82) is 0 Å². The molecule has 0 bridgehead atoms. The number of allylic oxidation sites excluding steroid dienone is 4. The van der Waals surface area contributed by atoms with Gasteiger partial charge in [-0.3, -0.25) is 0 Å². The van der Waals surface area contributed by atoms with Crippen molar-refractivity contribution in [1.82, 2.24) is 0 Å². The number of phenolic OH excluding ortho intramolecular Hbond substituents is 1. The van der Waals surface area contributed by atoms with Gasteiger partial charge in [0.05, 0.1) is 0 Å². The van der Waals surface area contributed by atoms with Gasteiger partial charge in [-0.05, 0) is 102 Å². The van der Waals surface area contributed by atoms with Crippen LogP contribution in [-0.4, -0.2) is 5.11 Å². The molecule has 0 fully saturated rings. The van der Waals surface area contributed by atoms with Gasteiger partial charge in [0.2, 0.25) is 0 Å². The highest BCUT2D eigenvalue weighted by molar-refractivity contribution is 6.05. The Balaban J connectivity index is 1.43. The summed E-state index contributed by atoms with van der Waals surface area (Å²) >= 11 is 0. The van der Waals surface area contributed by atoms with Gasteiger partial charge >= 0.3 is 0 Å². The molecule has 0 saturated heterocycles. The fourth-order valence-corrected chi connectivity index (χ4v) is 7.09. The van der Waals surface area contributed by atoms with Crippen molar-refractivity contribution < 1.29 is 5.11 Å². The van der Waals surface area contributed by atoms with Crippen LogP contribution in [0.15, 0.2) is 109 Å². The van der Waals surface area contributed by atoms with Gasteiger partial charge in [0.1, 0.15) is 5.75 Å². The first-order valence-electron chi connectivity index (χ1n) is 14.0. The zero-order valence-corrected chi connectivity index (χ0v) is 23.2. The van der Waals surface area contributed by atoms with Crippen LogP contribution in [0.1, 0.15) is 51.7 Å². The first kappa shape index (κ1) is 24.0. The van der Waals surface area contributed by atoms with E-state index in [4.69, 9.17) is 0 Å². The molecule has 0 amide bonds. The first-order chi connectivity index (χ1) is 18.7. The molecule has 0 aromatic heterocycles. The summed E-state index contributed by atoms with van der Waals surface area (Å²) in [7, 11) is 0. The van der Waals surface area contributed by atoms with Crippen LogP contribution in [0.2, 0.25) is 0 Å². The number of hydrogen-bond donors (Lipinski definition) is 1. The minimum Gasteiger partial charge on any atom is -0.508 e. The number of rotatable bonds is 2. The summed E-state index contributed by atoms with van der Waals surface area (Å²) < 4.78 is 0. The van der Waals surface area contributed by atoms with Gasteiger partial charge in [-0.25, -0.2) is 0 Å². The highest BCUT2D eigenvalue weighted by Crippen LogP contribution is 2.51. The molecule has 2 aliphatic rings. The van der Waals surface area contributed by atoms with Crippen LogP contribution < -0.4 is 0 Å². The Morgan fingerprint density at radius 1 is 0.641 bits per heavy atom. The molecule has 39 heavy (non-hydrogen) atoms. The maximum atomic E-state index is 9.95. The van der Waals surface area contributed by atoms with Gasteiger partial charge in [0, 0.05) is 0 Å². The molecule has 1 nitrogen and oxygen atoms in total. The van der Waals surface area contributed by atoms with Crippen LogP contribution in [0.25, 0.3) is 49.4 Å². The van der Waals surface area contributed by atoms with Crippen LogP contribution in [0, 0.1) is 5.41 Å². The summed E-state index contributed by atoms with van der Waals surface area (Å²) in [4.78, 5) is 0.